The maximum Gasteiger partial charge on any atom is 0.269 e. The summed E-state index contributed by atoms with van der Waals surface area (Å²) in [6.07, 6.45) is 4.93. The fourth-order valence-corrected chi connectivity index (χ4v) is 4.46. The Labute approximate surface area is 210 Å². The second-order valence-corrected chi connectivity index (χ2v) is 8.70. The van der Waals surface area contributed by atoms with Crippen LogP contribution in [0.15, 0.2) is 61.2 Å². The molecule has 0 saturated carbocycles. The van der Waals surface area contributed by atoms with Gasteiger partial charge in [-0.2, -0.15) is 15.3 Å². The number of nitrogens with one attached hydrogen (secondary N) is 1. The molecule has 0 radical (unpaired) electrons. The quantitative estimate of drug-likeness (QED) is 0.386. The molecule has 37 heavy (non-hydrogen) atoms. The largest absolute Gasteiger partial charge is 0.364 e. The van der Waals surface area contributed by atoms with Crippen molar-refractivity contribution < 1.29 is 18.8 Å². The first kappa shape index (κ1) is 24.0. The zero-order valence-corrected chi connectivity index (χ0v) is 19.6. The monoisotopic (exact) mass is 502 g/mol. The highest BCUT2D eigenvalue weighted by Gasteiger charge is 2.40. The molecular weight excluding hydrogens is 479 g/mol. The number of halogens is 1. The Kier molecular flexibility index (Phi) is 6.54. The first-order valence-corrected chi connectivity index (χ1v) is 11.6. The molecule has 1 aromatic carbocycles. The van der Waals surface area contributed by atoms with Gasteiger partial charge in [-0.15, -0.1) is 0 Å². The maximum atomic E-state index is 14.3. The highest BCUT2D eigenvalue weighted by atomic mass is 19.1. The second-order valence-electron chi connectivity index (χ2n) is 8.70. The zero-order valence-electron chi connectivity index (χ0n) is 19.6. The summed E-state index contributed by atoms with van der Waals surface area (Å²) >= 11 is 0. The van der Waals surface area contributed by atoms with Crippen molar-refractivity contribution in [1.82, 2.24) is 35.2 Å². The first-order chi connectivity index (χ1) is 17.9. The van der Waals surface area contributed by atoms with Gasteiger partial charge < -0.3 is 16.0 Å². The molecule has 0 spiro atoms. The van der Waals surface area contributed by atoms with E-state index in [0.717, 1.165) is 16.7 Å². The van der Waals surface area contributed by atoms with Crippen LogP contribution < -0.4 is 11.1 Å². The molecule has 1 aliphatic heterocycles. The Morgan fingerprint density at radius 3 is 2.59 bits per heavy atom. The molecule has 1 fully saturated rings. The fraction of sp³-hybridized carbons (Fsp3) is 0.240. The number of carbonyl (C=O) groups excluding carboxylic acids is 3. The Balaban J connectivity index is 1.37. The van der Waals surface area contributed by atoms with Gasteiger partial charge in [-0.1, -0.05) is 6.07 Å². The minimum absolute atomic E-state index is 0.00287. The number of nitrogens with zero attached hydrogens (tertiary/aromatic N) is 6. The smallest absolute Gasteiger partial charge is 0.269 e. The Bertz CT molecular complexity index is 1460. The van der Waals surface area contributed by atoms with Crippen LogP contribution in [-0.4, -0.2) is 66.3 Å². The summed E-state index contributed by atoms with van der Waals surface area (Å²) in [7, 11) is 0. The van der Waals surface area contributed by atoms with Gasteiger partial charge in [0.1, 0.15) is 18.8 Å². The highest BCUT2D eigenvalue weighted by molar-refractivity contribution is 6.05. The standard InChI is InChI=1S/C25H23FN8O3/c26-18-10-21(25(37)29-11-15-3-6-28-7-4-15)33(13-18)22(35)14-34-20-2-1-16(17-5-8-30-31-12-17)9-19(20)23(32-34)24(27)36/h1-9,12,18,21H,10-11,13-14H2,(H2,27,36)(H,29,37)/t18-,21?/m1/s1. The number of nitrogens with two attached hydrogens (primary N) is 1. The number of aromatic nitrogens is 5. The third-order valence-corrected chi connectivity index (χ3v) is 6.28. The van der Waals surface area contributed by atoms with Crippen molar-refractivity contribution in [1.29, 1.82) is 0 Å². The molecule has 4 aromatic rings. The van der Waals surface area contributed by atoms with Crippen molar-refractivity contribution >= 4 is 28.6 Å². The average Bonchev–Trinajstić information content (AvgIpc) is 3.49. The van der Waals surface area contributed by atoms with Crippen molar-refractivity contribution in [2.24, 2.45) is 5.73 Å². The van der Waals surface area contributed by atoms with Crippen LogP contribution in [0, 0.1) is 0 Å². The molecule has 4 heterocycles. The SMILES string of the molecule is NC(=O)c1nn(CC(=O)N2C[C@H](F)CC2C(=O)NCc2ccncc2)c2ccc(-c3ccnnc3)cc12. The third kappa shape index (κ3) is 4.99. The highest BCUT2D eigenvalue weighted by Crippen LogP contribution is 2.27. The number of primary amides is 1. The summed E-state index contributed by atoms with van der Waals surface area (Å²) in [6, 6.07) is 9.59. The first-order valence-electron chi connectivity index (χ1n) is 11.6. The average molecular weight is 503 g/mol. The predicted molar refractivity (Wildman–Crippen MR) is 130 cm³/mol. The van der Waals surface area contributed by atoms with E-state index in [1.54, 1.807) is 61.2 Å². The van der Waals surface area contributed by atoms with Gasteiger partial charge >= 0.3 is 0 Å². The number of fused-ring (bicyclic) bond motifs is 1. The molecule has 3 N–H and O–H groups in total. The van der Waals surface area contributed by atoms with Gasteiger partial charge in [-0.3, -0.25) is 24.0 Å². The van der Waals surface area contributed by atoms with Gasteiger partial charge in [0.15, 0.2) is 5.69 Å². The minimum Gasteiger partial charge on any atom is -0.364 e. The molecule has 0 bridgehead atoms. The van der Waals surface area contributed by atoms with Gasteiger partial charge in [-0.25, -0.2) is 4.39 Å². The maximum absolute atomic E-state index is 14.3. The van der Waals surface area contributed by atoms with Crippen molar-refractivity contribution in [3.8, 4) is 11.1 Å². The molecule has 2 atom stereocenters. The summed E-state index contributed by atoms with van der Waals surface area (Å²) in [5.74, 6) is -1.68. The number of hydrogen-bond acceptors (Lipinski definition) is 7. The van der Waals surface area contributed by atoms with E-state index in [1.807, 2.05) is 0 Å². The van der Waals surface area contributed by atoms with Crippen molar-refractivity contribution in [2.75, 3.05) is 6.54 Å². The Morgan fingerprint density at radius 1 is 1.05 bits per heavy atom. The van der Waals surface area contributed by atoms with Gasteiger partial charge in [-0.05, 0) is 41.5 Å². The zero-order chi connectivity index (χ0) is 25.9. The minimum atomic E-state index is -1.33. The van der Waals surface area contributed by atoms with E-state index in [-0.39, 0.29) is 31.7 Å². The number of pyridine rings is 1. The van der Waals surface area contributed by atoms with Crippen LogP contribution in [0.3, 0.4) is 0 Å². The Hall–Kier alpha value is -4.74. The molecule has 188 valence electrons. The van der Waals surface area contributed by atoms with E-state index < -0.39 is 29.9 Å². The number of benzene rings is 1. The normalized spacial score (nSPS) is 17.2. The molecule has 1 saturated heterocycles. The number of carbonyl (C=O) groups is 3. The predicted octanol–water partition coefficient (Wildman–Crippen LogP) is 1.24. The number of hydrogen-bond donors (Lipinski definition) is 2. The number of likely N-dealkylation sites (tertiary alicyclic amines) is 1. The molecule has 3 amide bonds. The summed E-state index contributed by atoms with van der Waals surface area (Å²) in [5.41, 5.74) is 8.44. The van der Waals surface area contributed by atoms with Gasteiger partial charge in [0, 0.05) is 36.3 Å². The topological polar surface area (TPSA) is 149 Å². The Morgan fingerprint density at radius 2 is 1.86 bits per heavy atom. The van der Waals surface area contributed by atoms with Crippen molar-refractivity contribution in [3.63, 3.8) is 0 Å². The van der Waals surface area contributed by atoms with Crippen LogP contribution in [0.1, 0.15) is 22.5 Å². The van der Waals surface area contributed by atoms with Crippen LogP contribution in [0.25, 0.3) is 22.0 Å². The van der Waals surface area contributed by atoms with Crippen LogP contribution in [0.4, 0.5) is 4.39 Å². The van der Waals surface area contributed by atoms with E-state index in [2.05, 4.69) is 25.6 Å². The van der Waals surface area contributed by atoms with E-state index in [9.17, 15) is 18.8 Å². The lowest BCUT2D eigenvalue weighted by atomic mass is 10.0. The van der Waals surface area contributed by atoms with Crippen molar-refractivity contribution in [3.05, 3.63) is 72.4 Å². The van der Waals surface area contributed by atoms with Crippen LogP contribution in [0.5, 0.6) is 0 Å². The van der Waals surface area contributed by atoms with Crippen LogP contribution in [0.2, 0.25) is 0 Å². The summed E-state index contributed by atoms with van der Waals surface area (Å²) in [4.78, 5) is 43.3. The molecular formula is C25H23FN8O3. The van der Waals surface area contributed by atoms with E-state index >= 15 is 0 Å². The van der Waals surface area contributed by atoms with Crippen LogP contribution >= 0.6 is 0 Å². The molecule has 1 unspecified atom stereocenters. The third-order valence-electron chi connectivity index (χ3n) is 6.28. The summed E-state index contributed by atoms with van der Waals surface area (Å²) in [5, 5.41) is 15.1. The molecule has 11 nitrogen and oxygen atoms in total. The van der Waals surface area contributed by atoms with Gasteiger partial charge in [0.2, 0.25) is 11.8 Å². The number of alkyl halides is 1. The molecule has 12 heteroatoms. The van der Waals surface area contributed by atoms with E-state index in [0.29, 0.717) is 10.9 Å². The van der Waals surface area contributed by atoms with Gasteiger partial charge in [0.05, 0.1) is 24.5 Å². The number of amides is 3. The second kappa shape index (κ2) is 10.1. The summed E-state index contributed by atoms with van der Waals surface area (Å²) in [6.45, 7) is -0.258. The van der Waals surface area contributed by atoms with E-state index in [1.165, 1.54) is 9.58 Å². The molecule has 3 aromatic heterocycles. The molecule has 1 aliphatic rings. The summed E-state index contributed by atoms with van der Waals surface area (Å²) < 4.78 is 15.7. The lowest BCUT2D eigenvalue weighted by Gasteiger charge is -2.23. The van der Waals surface area contributed by atoms with Gasteiger partial charge in [0.25, 0.3) is 5.91 Å². The molecule has 0 aliphatic carbocycles. The van der Waals surface area contributed by atoms with E-state index in [4.69, 9.17) is 5.73 Å². The lowest BCUT2D eigenvalue weighted by Crippen LogP contribution is -2.46. The molecule has 5 rings (SSSR count). The van der Waals surface area contributed by atoms with Crippen molar-refractivity contribution in [2.45, 2.75) is 31.7 Å². The lowest BCUT2D eigenvalue weighted by molar-refractivity contribution is -0.139. The number of rotatable bonds is 7. The van der Waals surface area contributed by atoms with Crippen LogP contribution in [-0.2, 0) is 22.7 Å². The fourth-order valence-electron chi connectivity index (χ4n) is 4.46.